The Morgan fingerprint density at radius 3 is 2.96 bits per heavy atom. The Kier molecular flexibility index (Phi) is 3.49. The predicted molar refractivity (Wildman–Crippen MR) is 105 cm³/mol. The van der Waals surface area contributed by atoms with Gasteiger partial charge in [-0.05, 0) is 42.6 Å². The van der Waals surface area contributed by atoms with E-state index in [0.29, 0.717) is 5.25 Å². The summed E-state index contributed by atoms with van der Waals surface area (Å²) in [6, 6.07) is 14.4. The van der Waals surface area contributed by atoms with Gasteiger partial charge in [0.1, 0.15) is 11.3 Å². The number of hydrogen-bond acceptors (Lipinski definition) is 3. The van der Waals surface area contributed by atoms with Crippen LogP contribution in [0.3, 0.4) is 0 Å². The van der Waals surface area contributed by atoms with Crippen molar-refractivity contribution in [1.29, 1.82) is 0 Å². The van der Waals surface area contributed by atoms with Gasteiger partial charge in [-0.15, -0.1) is 0 Å². The van der Waals surface area contributed by atoms with Crippen LogP contribution >= 0.6 is 11.9 Å². The second kappa shape index (κ2) is 5.97. The smallest absolute Gasteiger partial charge is 0.150 e. The lowest BCUT2D eigenvalue weighted by Gasteiger charge is -2.13. The molecule has 3 heterocycles. The van der Waals surface area contributed by atoms with Gasteiger partial charge in [0, 0.05) is 34.0 Å². The zero-order chi connectivity index (χ0) is 16.6. The maximum Gasteiger partial charge on any atom is 0.150 e. The molecule has 1 unspecified atom stereocenters. The highest BCUT2D eigenvalue weighted by atomic mass is 32.2. The second-order valence-corrected chi connectivity index (χ2v) is 7.29. The number of rotatable bonds is 3. The number of para-hydroxylation sites is 1. The molecule has 4 aromatic rings. The Morgan fingerprint density at radius 1 is 1.12 bits per heavy atom. The van der Waals surface area contributed by atoms with Crippen molar-refractivity contribution in [2.45, 2.75) is 11.7 Å². The Bertz CT molecular complexity index is 1090. The van der Waals surface area contributed by atoms with Gasteiger partial charge in [-0.1, -0.05) is 42.5 Å². The fraction of sp³-hybridized carbons (Fsp3) is 0.0952. The first kappa shape index (κ1) is 14.6. The Morgan fingerprint density at radius 2 is 2.08 bits per heavy atom. The summed E-state index contributed by atoms with van der Waals surface area (Å²) >= 11 is 1.80. The Hall–Kier alpha value is -2.72. The first-order chi connectivity index (χ1) is 12.4. The summed E-state index contributed by atoms with van der Waals surface area (Å²) in [5.41, 5.74) is 2.97. The zero-order valence-electron chi connectivity index (χ0n) is 13.5. The fourth-order valence-corrected chi connectivity index (χ4v) is 4.24. The number of nitrogens with zero attached hydrogens (tertiary/aromatic N) is 2. The molecule has 3 nitrogen and oxygen atoms in total. The molecule has 0 aliphatic heterocycles. The van der Waals surface area contributed by atoms with Gasteiger partial charge in [-0.3, -0.25) is 3.97 Å². The van der Waals surface area contributed by atoms with Crippen LogP contribution in [0.5, 0.6) is 0 Å². The number of furan rings is 1. The standard InChI is InChI=1S/C21H16N2OS/c1-2-7-16(8-3-1)25-23-13-11-18-17(10-12-22-21(18)23)20-14-15-6-4-5-9-19(15)24-20/h1-7,9-14,16H,8H2. The minimum atomic E-state index is 0.442. The maximum atomic E-state index is 6.06. The van der Waals surface area contributed by atoms with Crippen molar-refractivity contribution in [3.05, 3.63) is 79.2 Å². The minimum absolute atomic E-state index is 0.442. The van der Waals surface area contributed by atoms with E-state index in [2.05, 4.69) is 57.7 Å². The third-order valence-electron chi connectivity index (χ3n) is 4.44. The third kappa shape index (κ3) is 2.59. The van der Waals surface area contributed by atoms with Crippen molar-refractivity contribution in [3.8, 4) is 11.3 Å². The lowest BCUT2D eigenvalue weighted by atomic mass is 10.1. The van der Waals surface area contributed by atoms with Crippen molar-refractivity contribution in [3.63, 3.8) is 0 Å². The van der Waals surface area contributed by atoms with Crippen LogP contribution in [0.15, 0.2) is 83.6 Å². The van der Waals surface area contributed by atoms with Gasteiger partial charge >= 0.3 is 0 Å². The summed E-state index contributed by atoms with van der Waals surface area (Å²) in [5.74, 6) is 0.886. The highest BCUT2D eigenvalue weighted by Crippen LogP contribution is 2.34. The number of hydrogen-bond donors (Lipinski definition) is 0. The molecule has 1 aliphatic carbocycles. The molecule has 1 atom stereocenters. The van der Waals surface area contributed by atoms with Crippen molar-refractivity contribution in [2.75, 3.05) is 0 Å². The predicted octanol–water partition coefficient (Wildman–Crippen LogP) is 5.83. The van der Waals surface area contributed by atoms with Crippen LogP contribution in [-0.2, 0) is 0 Å². The summed E-state index contributed by atoms with van der Waals surface area (Å²) in [6.07, 6.45) is 13.7. The summed E-state index contributed by atoms with van der Waals surface area (Å²) in [5, 5.41) is 2.68. The highest BCUT2D eigenvalue weighted by molar-refractivity contribution is 7.98. The molecule has 4 heteroatoms. The SMILES string of the molecule is C1=CCC(Sn2ccc3c(-c4cc5ccccc5o4)ccnc32)C=C1. The third-order valence-corrected chi connectivity index (χ3v) is 5.58. The van der Waals surface area contributed by atoms with Gasteiger partial charge < -0.3 is 4.42 Å². The molecule has 0 fully saturated rings. The van der Waals surface area contributed by atoms with E-state index in [-0.39, 0.29) is 0 Å². The van der Waals surface area contributed by atoms with Crippen LogP contribution in [-0.4, -0.2) is 14.2 Å². The molecule has 5 rings (SSSR count). The molecule has 25 heavy (non-hydrogen) atoms. The molecule has 0 saturated heterocycles. The number of benzene rings is 1. The van der Waals surface area contributed by atoms with E-state index in [1.54, 1.807) is 11.9 Å². The molecule has 0 bridgehead atoms. The van der Waals surface area contributed by atoms with Crippen molar-refractivity contribution < 1.29 is 4.42 Å². The van der Waals surface area contributed by atoms with Crippen LogP contribution in [0.4, 0.5) is 0 Å². The normalized spacial score (nSPS) is 16.9. The first-order valence-electron chi connectivity index (χ1n) is 8.34. The lowest BCUT2D eigenvalue weighted by Crippen LogP contribution is -2.02. The Labute approximate surface area is 149 Å². The lowest BCUT2D eigenvalue weighted by molar-refractivity contribution is 0.632. The Balaban J connectivity index is 1.58. The molecule has 0 amide bonds. The van der Waals surface area contributed by atoms with Crippen LogP contribution in [0.1, 0.15) is 6.42 Å². The van der Waals surface area contributed by atoms with E-state index in [0.717, 1.165) is 39.7 Å². The summed E-state index contributed by atoms with van der Waals surface area (Å²) in [4.78, 5) is 4.61. The first-order valence-corrected chi connectivity index (χ1v) is 9.18. The van der Waals surface area contributed by atoms with Gasteiger partial charge in [0.2, 0.25) is 0 Å². The summed E-state index contributed by atoms with van der Waals surface area (Å²) in [6.45, 7) is 0. The second-order valence-electron chi connectivity index (χ2n) is 6.08. The quantitative estimate of drug-likeness (QED) is 0.468. The van der Waals surface area contributed by atoms with Gasteiger partial charge in [-0.25, -0.2) is 4.98 Å². The fourth-order valence-electron chi connectivity index (χ4n) is 3.21. The van der Waals surface area contributed by atoms with E-state index in [9.17, 15) is 0 Å². The maximum absolute atomic E-state index is 6.06. The number of aromatic nitrogens is 2. The summed E-state index contributed by atoms with van der Waals surface area (Å²) < 4.78 is 8.22. The van der Waals surface area contributed by atoms with Crippen LogP contribution in [0.2, 0.25) is 0 Å². The number of allylic oxidation sites excluding steroid dienone is 3. The molecule has 0 spiro atoms. The van der Waals surface area contributed by atoms with Crippen LogP contribution in [0.25, 0.3) is 33.3 Å². The minimum Gasteiger partial charge on any atom is -0.456 e. The zero-order valence-corrected chi connectivity index (χ0v) is 14.3. The topological polar surface area (TPSA) is 31.0 Å². The highest BCUT2D eigenvalue weighted by Gasteiger charge is 2.15. The van der Waals surface area contributed by atoms with Crippen molar-refractivity contribution in [2.24, 2.45) is 0 Å². The monoisotopic (exact) mass is 344 g/mol. The number of fused-ring (bicyclic) bond motifs is 2. The molecule has 1 aliphatic rings. The molecule has 0 saturated carbocycles. The van der Waals surface area contributed by atoms with Crippen LogP contribution < -0.4 is 0 Å². The molecule has 0 radical (unpaired) electrons. The average Bonchev–Trinajstić information content (AvgIpc) is 3.27. The van der Waals surface area contributed by atoms with E-state index in [4.69, 9.17) is 4.42 Å². The van der Waals surface area contributed by atoms with E-state index in [1.807, 2.05) is 30.5 Å². The molecular weight excluding hydrogens is 328 g/mol. The molecule has 1 aromatic carbocycles. The van der Waals surface area contributed by atoms with Gasteiger partial charge in [-0.2, -0.15) is 0 Å². The molecule has 3 aromatic heterocycles. The number of pyridine rings is 1. The summed E-state index contributed by atoms with van der Waals surface area (Å²) in [7, 11) is 0. The average molecular weight is 344 g/mol. The van der Waals surface area contributed by atoms with Crippen molar-refractivity contribution in [1.82, 2.24) is 8.96 Å². The molecule has 0 N–H and O–H groups in total. The van der Waals surface area contributed by atoms with Crippen molar-refractivity contribution >= 4 is 34.0 Å². The van der Waals surface area contributed by atoms with Gasteiger partial charge in [0.15, 0.2) is 5.65 Å². The van der Waals surface area contributed by atoms with Gasteiger partial charge in [0.25, 0.3) is 0 Å². The van der Waals surface area contributed by atoms with E-state index in [1.165, 1.54) is 0 Å². The van der Waals surface area contributed by atoms with E-state index < -0.39 is 0 Å². The molecule has 122 valence electrons. The van der Waals surface area contributed by atoms with Crippen LogP contribution in [0, 0.1) is 0 Å². The van der Waals surface area contributed by atoms with E-state index >= 15 is 0 Å². The van der Waals surface area contributed by atoms with Gasteiger partial charge in [0.05, 0.1) is 0 Å². The largest absolute Gasteiger partial charge is 0.456 e. The molecular formula is C21H16N2OS.